The van der Waals surface area contributed by atoms with Crippen molar-refractivity contribution in [2.75, 3.05) is 20.3 Å². The first kappa shape index (κ1) is 19.3. The normalized spacial score (nSPS) is 15.8. The highest BCUT2D eigenvalue weighted by molar-refractivity contribution is 9.10. The monoisotopic (exact) mass is 429 g/mol. The Hall–Kier alpha value is -2.00. The Morgan fingerprint density at radius 1 is 1.40 bits per heavy atom. The first-order valence-corrected chi connectivity index (χ1v) is 8.95. The molecule has 9 heteroatoms. The van der Waals surface area contributed by atoms with Crippen LogP contribution in [0.15, 0.2) is 21.5 Å². The summed E-state index contributed by atoms with van der Waals surface area (Å²) in [5.41, 5.74) is 0.619. The van der Waals surface area contributed by atoms with Crippen LogP contribution >= 0.6 is 27.7 Å². The number of rotatable bonds is 7. The molecular weight excluding hydrogens is 414 g/mol. The third kappa shape index (κ3) is 4.55. The van der Waals surface area contributed by atoms with Gasteiger partial charge in [0.25, 0.3) is 11.1 Å². The zero-order valence-electron chi connectivity index (χ0n) is 13.6. The largest absolute Gasteiger partial charge is 0.493 e. The molecule has 1 heterocycles. The van der Waals surface area contributed by atoms with E-state index in [1.807, 2.05) is 6.92 Å². The van der Waals surface area contributed by atoms with Crippen LogP contribution in [0.1, 0.15) is 18.9 Å². The van der Waals surface area contributed by atoms with Gasteiger partial charge in [0.2, 0.25) is 0 Å². The maximum Gasteiger partial charge on any atom is 0.341 e. The average Bonchev–Trinajstić information content (AvgIpc) is 2.81. The Bertz CT molecular complexity index is 748. The minimum absolute atomic E-state index is 0.251. The van der Waals surface area contributed by atoms with Crippen LogP contribution in [0, 0.1) is 0 Å². The van der Waals surface area contributed by atoms with Crippen LogP contribution in [0.3, 0.4) is 0 Å². The minimum Gasteiger partial charge on any atom is -0.493 e. The summed E-state index contributed by atoms with van der Waals surface area (Å²) in [7, 11) is 1.42. The standard InChI is InChI=1S/C16H16BrNO6S/c1-3-4-18-15(21)12(25-16(18)22)7-9-5-10(17)14(11(6-9)23-2)24-8-13(19)20/h5-7H,3-4,8H2,1-2H3,(H,19,20)/b12-7+. The topological polar surface area (TPSA) is 93.1 Å². The molecule has 1 fully saturated rings. The second-order valence-corrected chi connectivity index (χ2v) is 6.90. The smallest absolute Gasteiger partial charge is 0.341 e. The molecule has 1 aliphatic rings. The maximum absolute atomic E-state index is 12.3. The van der Waals surface area contributed by atoms with E-state index in [1.54, 1.807) is 18.2 Å². The summed E-state index contributed by atoms with van der Waals surface area (Å²) in [6, 6.07) is 3.27. The molecule has 0 aliphatic carbocycles. The molecule has 0 bridgehead atoms. The van der Waals surface area contributed by atoms with Crippen molar-refractivity contribution in [3.63, 3.8) is 0 Å². The summed E-state index contributed by atoms with van der Waals surface area (Å²) in [6.45, 7) is 1.77. The number of carboxylic acids is 1. The number of halogens is 1. The van der Waals surface area contributed by atoms with Crippen LogP contribution in [0.2, 0.25) is 0 Å². The van der Waals surface area contributed by atoms with Gasteiger partial charge < -0.3 is 14.6 Å². The molecule has 1 N–H and O–H groups in total. The molecule has 1 aliphatic heterocycles. The molecule has 25 heavy (non-hydrogen) atoms. The van der Waals surface area contributed by atoms with E-state index in [9.17, 15) is 14.4 Å². The number of carboxylic acid groups (broad SMARTS) is 1. The highest BCUT2D eigenvalue weighted by Crippen LogP contribution is 2.39. The summed E-state index contributed by atoms with van der Waals surface area (Å²) < 4.78 is 10.9. The fraction of sp³-hybridized carbons (Fsp3) is 0.312. The third-order valence-corrected chi connectivity index (χ3v) is 4.71. The van der Waals surface area contributed by atoms with E-state index >= 15 is 0 Å². The fourth-order valence-electron chi connectivity index (χ4n) is 2.16. The maximum atomic E-state index is 12.3. The molecule has 0 aromatic heterocycles. The lowest BCUT2D eigenvalue weighted by molar-refractivity contribution is -0.139. The van der Waals surface area contributed by atoms with Crippen molar-refractivity contribution in [3.05, 3.63) is 27.1 Å². The fourth-order valence-corrected chi connectivity index (χ4v) is 3.60. The van der Waals surface area contributed by atoms with Crippen molar-refractivity contribution >= 4 is 50.9 Å². The van der Waals surface area contributed by atoms with E-state index in [0.717, 1.165) is 11.8 Å². The van der Waals surface area contributed by atoms with Crippen molar-refractivity contribution in [3.8, 4) is 11.5 Å². The highest BCUT2D eigenvalue weighted by Gasteiger charge is 2.34. The van der Waals surface area contributed by atoms with E-state index in [4.69, 9.17) is 14.6 Å². The number of benzene rings is 1. The van der Waals surface area contributed by atoms with E-state index in [2.05, 4.69) is 15.9 Å². The quantitative estimate of drug-likeness (QED) is 0.663. The molecule has 0 spiro atoms. The number of hydrogen-bond acceptors (Lipinski definition) is 6. The predicted octanol–water partition coefficient (Wildman–Crippen LogP) is 3.37. The van der Waals surface area contributed by atoms with Gasteiger partial charge in [-0.05, 0) is 57.9 Å². The number of thioether (sulfide) groups is 1. The van der Waals surface area contributed by atoms with Crippen molar-refractivity contribution in [1.29, 1.82) is 0 Å². The number of ether oxygens (including phenoxy) is 2. The summed E-state index contributed by atoms with van der Waals surface area (Å²) in [5, 5.41) is 8.44. The van der Waals surface area contributed by atoms with E-state index < -0.39 is 12.6 Å². The van der Waals surface area contributed by atoms with Gasteiger partial charge in [-0.3, -0.25) is 14.5 Å². The van der Waals surface area contributed by atoms with Crippen LogP contribution in [0.25, 0.3) is 6.08 Å². The van der Waals surface area contributed by atoms with Gasteiger partial charge in [0.1, 0.15) is 0 Å². The Labute approximate surface area is 157 Å². The van der Waals surface area contributed by atoms with Gasteiger partial charge in [-0.15, -0.1) is 0 Å². The number of nitrogens with zero attached hydrogens (tertiary/aromatic N) is 1. The van der Waals surface area contributed by atoms with Gasteiger partial charge >= 0.3 is 5.97 Å². The molecule has 2 rings (SSSR count). The van der Waals surface area contributed by atoms with Gasteiger partial charge in [0.05, 0.1) is 16.5 Å². The van der Waals surface area contributed by atoms with Crippen molar-refractivity contribution in [2.24, 2.45) is 0 Å². The Morgan fingerprint density at radius 3 is 2.72 bits per heavy atom. The van der Waals surface area contributed by atoms with Crippen molar-refractivity contribution in [1.82, 2.24) is 4.90 Å². The molecule has 2 amide bonds. The van der Waals surface area contributed by atoms with Crippen molar-refractivity contribution < 1.29 is 29.0 Å². The van der Waals surface area contributed by atoms with Crippen LogP contribution < -0.4 is 9.47 Å². The highest BCUT2D eigenvalue weighted by atomic mass is 79.9. The number of imide groups is 1. The van der Waals surface area contributed by atoms with Gasteiger partial charge in [-0.1, -0.05) is 6.92 Å². The number of amides is 2. The molecule has 1 aromatic rings. The number of carbonyl (C=O) groups excluding carboxylic acids is 2. The number of carbonyl (C=O) groups is 3. The van der Waals surface area contributed by atoms with Gasteiger partial charge in [-0.2, -0.15) is 0 Å². The summed E-state index contributed by atoms with van der Waals surface area (Å²) in [6.07, 6.45) is 2.29. The van der Waals surface area contributed by atoms with E-state index in [-0.39, 0.29) is 16.9 Å². The molecule has 1 saturated heterocycles. The van der Waals surface area contributed by atoms with Crippen LogP contribution in [-0.2, 0) is 9.59 Å². The average molecular weight is 430 g/mol. The number of aliphatic carboxylic acids is 1. The molecule has 7 nitrogen and oxygen atoms in total. The van der Waals surface area contributed by atoms with Gasteiger partial charge in [0.15, 0.2) is 18.1 Å². The zero-order chi connectivity index (χ0) is 18.6. The first-order valence-electron chi connectivity index (χ1n) is 7.34. The Kier molecular flexibility index (Phi) is 6.49. The molecule has 134 valence electrons. The van der Waals surface area contributed by atoms with Crippen LogP contribution in [-0.4, -0.2) is 47.4 Å². The van der Waals surface area contributed by atoms with E-state index in [0.29, 0.717) is 33.7 Å². The second-order valence-electron chi connectivity index (χ2n) is 5.05. The third-order valence-electron chi connectivity index (χ3n) is 3.21. The van der Waals surface area contributed by atoms with E-state index in [1.165, 1.54) is 12.0 Å². The van der Waals surface area contributed by atoms with Gasteiger partial charge in [0, 0.05) is 6.54 Å². The molecule has 1 aromatic carbocycles. The minimum atomic E-state index is -1.11. The lowest BCUT2D eigenvalue weighted by atomic mass is 10.2. The summed E-state index contributed by atoms with van der Waals surface area (Å²) in [5.74, 6) is -0.864. The first-order chi connectivity index (χ1) is 11.9. The second kappa shape index (κ2) is 8.39. The molecule has 0 atom stereocenters. The van der Waals surface area contributed by atoms with Crippen LogP contribution in [0.4, 0.5) is 4.79 Å². The SMILES string of the molecule is CCCN1C(=O)S/C(=C/c2cc(Br)c(OCC(=O)O)c(OC)c2)C1=O. The predicted molar refractivity (Wildman–Crippen MR) is 96.8 cm³/mol. The summed E-state index contributed by atoms with van der Waals surface area (Å²) >= 11 is 4.19. The number of methoxy groups -OCH3 is 1. The molecule has 0 saturated carbocycles. The Morgan fingerprint density at radius 2 is 2.12 bits per heavy atom. The molecule has 0 unspecified atom stereocenters. The van der Waals surface area contributed by atoms with Crippen molar-refractivity contribution in [2.45, 2.75) is 13.3 Å². The lowest BCUT2D eigenvalue weighted by Gasteiger charge is -2.12. The number of hydrogen-bond donors (Lipinski definition) is 1. The molecule has 0 radical (unpaired) electrons. The van der Waals surface area contributed by atoms with Gasteiger partial charge in [-0.25, -0.2) is 4.79 Å². The summed E-state index contributed by atoms with van der Waals surface area (Å²) in [4.78, 5) is 36.4. The van der Waals surface area contributed by atoms with Crippen LogP contribution in [0.5, 0.6) is 11.5 Å². The lowest BCUT2D eigenvalue weighted by Crippen LogP contribution is -2.28. The zero-order valence-corrected chi connectivity index (χ0v) is 16.0. The Balaban J connectivity index is 2.31. The molecular formula is C16H16BrNO6S.